The Morgan fingerprint density at radius 1 is 1.03 bits per heavy atom. The summed E-state index contributed by atoms with van der Waals surface area (Å²) in [6.45, 7) is 5.51. The molecule has 0 N–H and O–H groups in total. The molecule has 0 saturated carbocycles. The molecule has 1 fully saturated rings. The highest BCUT2D eigenvalue weighted by Gasteiger charge is 2.27. The van der Waals surface area contributed by atoms with Gasteiger partial charge >= 0.3 is 5.63 Å². The number of benzene rings is 2. The number of ether oxygens (including phenoxy) is 3. The van der Waals surface area contributed by atoms with Gasteiger partial charge in [0.2, 0.25) is 0 Å². The Bertz CT molecular complexity index is 1140. The van der Waals surface area contributed by atoms with Crippen LogP contribution in [0.1, 0.15) is 43.2 Å². The van der Waals surface area contributed by atoms with E-state index >= 15 is 0 Å². The van der Waals surface area contributed by atoms with Gasteiger partial charge < -0.3 is 23.5 Å². The molecule has 0 bridgehead atoms. The maximum Gasteiger partial charge on any atom is 0.336 e. The third-order valence-electron chi connectivity index (χ3n) is 6.65. The quantitative estimate of drug-likeness (QED) is 0.446. The van der Waals surface area contributed by atoms with Crippen molar-refractivity contribution < 1.29 is 18.6 Å². The maximum atomic E-state index is 12.2. The van der Waals surface area contributed by atoms with Gasteiger partial charge in [-0.2, -0.15) is 0 Å². The summed E-state index contributed by atoms with van der Waals surface area (Å²) >= 11 is 0. The van der Waals surface area contributed by atoms with Gasteiger partial charge in [0.1, 0.15) is 22.8 Å². The Labute approximate surface area is 195 Å². The zero-order valence-corrected chi connectivity index (χ0v) is 19.9. The summed E-state index contributed by atoms with van der Waals surface area (Å²) in [5, 5.41) is 0.762. The van der Waals surface area contributed by atoms with E-state index in [1.807, 2.05) is 18.2 Å². The highest BCUT2D eigenvalue weighted by Crippen LogP contribution is 2.43. The van der Waals surface area contributed by atoms with Crippen LogP contribution in [-0.2, 0) is 0 Å². The van der Waals surface area contributed by atoms with Gasteiger partial charge in [0, 0.05) is 30.2 Å². The Balaban J connectivity index is 1.83. The second-order valence-corrected chi connectivity index (χ2v) is 8.85. The molecule has 1 aliphatic rings. The van der Waals surface area contributed by atoms with Gasteiger partial charge in [-0.25, -0.2) is 4.79 Å². The number of piperidine rings is 1. The Hall–Kier alpha value is -2.99. The van der Waals surface area contributed by atoms with Crippen molar-refractivity contribution in [2.24, 2.45) is 5.92 Å². The van der Waals surface area contributed by atoms with E-state index in [1.165, 1.54) is 18.9 Å². The van der Waals surface area contributed by atoms with E-state index in [-0.39, 0.29) is 5.92 Å². The molecule has 0 amide bonds. The van der Waals surface area contributed by atoms with Crippen LogP contribution in [0.5, 0.6) is 17.2 Å². The van der Waals surface area contributed by atoms with Crippen molar-refractivity contribution >= 4 is 11.0 Å². The van der Waals surface area contributed by atoms with Gasteiger partial charge in [0.25, 0.3) is 0 Å². The number of methoxy groups -OCH3 is 3. The fourth-order valence-corrected chi connectivity index (χ4v) is 4.98. The van der Waals surface area contributed by atoms with Crippen LogP contribution >= 0.6 is 0 Å². The third kappa shape index (κ3) is 5.01. The molecule has 1 aliphatic heterocycles. The summed E-state index contributed by atoms with van der Waals surface area (Å²) in [5.41, 5.74) is 2.13. The fourth-order valence-electron chi connectivity index (χ4n) is 4.98. The van der Waals surface area contributed by atoms with Crippen LogP contribution in [-0.4, -0.2) is 45.9 Å². The lowest BCUT2D eigenvalue weighted by molar-refractivity contribution is 0.180. The van der Waals surface area contributed by atoms with Crippen molar-refractivity contribution in [1.82, 2.24) is 4.90 Å². The number of fused-ring (bicyclic) bond motifs is 1. The van der Waals surface area contributed by atoms with Crippen molar-refractivity contribution in [2.45, 2.75) is 32.1 Å². The molecule has 2 atom stereocenters. The van der Waals surface area contributed by atoms with Crippen LogP contribution in [0.25, 0.3) is 11.0 Å². The van der Waals surface area contributed by atoms with Crippen molar-refractivity contribution in [2.75, 3.05) is 41.0 Å². The predicted octanol–water partition coefficient (Wildman–Crippen LogP) is 5.07. The molecular formula is C27H33NO5. The molecule has 33 heavy (non-hydrogen) atoms. The van der Waals surface area contributed by atoms with E-state index in [1.54, 1.807) is 27.4 Å². The Morgan fingerprint density at radius 3 is 2.45 bits per heavy atom. The maximum absolute atomic E-state index is 12.2. The fraction of sp³-hybridized carbons (Fsp3) is 0.444. The van der Waals surface area contributed by atoms with Crippen molar-refractivity contribution in [3.63, 3.8) is 0 Å². The van der Waals surface area contributed by atoms with Crippen LogP contribution in [0.2, 0.25) is 0 Å². The topological polar surface area (TPSA) is 61.1 Å². The second kappa shape index (κ2) is 10.3. The van der Waals surface area contributed by atoms with E-state index < -0.39 is 5.63 Å². The molecular weight excluding hydrogens is 418 g/mol. The Kier molecular flexibility index (Phi) is 7.23. The molecule has 6 nitrogen and oxygen atoms in total. The minimum atomic E-state index is -0.391. The lowest BCUT2D eigenvalue weighted by Crippen LogP contribution is -2.35. The number of hydrogen-bond donors (Lipinski definition) is 0. The lowest BCUT2D eigenvalue weighted by atomic mass is 9.86. The first-order valence-electron chi connectivity index (χ1n) is 11.6. The van der Waals surface area contributed by atoms with Crippen LogP contribution in [0, 0.1) is 5.92 Å². The monoisotopic (exact) mass is 451 g/mol. The number of likely N-dealkylation sites (tertiary alicyclic amines) is 1. The highest BCUT2D eigenvalue weighted by atomic mass is 16.5. The molecule has 1 saturated heterocycles. The summed E-state index contributed by atoms with van der Waals surface area (Å²) in [6.07, 6.45) is 3.40. The molecule has 2 heterocycles. The second-order valence-electron chi connectivity index (χ2n) is 8.85. The summed E-state index contributed by atoms with van der Waals surface area (Å²) < 4.78 is 22.5. The zero-order valence-electron chi connectivity index (χ0n) is 19.9. The molecule has 0 unspecified atom stereocenters. The zero-order chi connectivity index (χ0) is 23.4. The van der Waals surface area contributed by atoms with Gasteiger partial charge in [-0.3, -0.25) is 0 Å². The number of hydrogen-bond acceptors (Lipinski definition) is 6. The standard InChI is InChI=1S/C27H33NO5/c1-18-6-5-14-28(17-18)15-13-21(19-7-9-20(30-2)10-8-19)26-24(32-4)16-23(31-3)22-11-12-25(29)33-27(22)26/h7-12,16,18,21H,5-6,13-15,17H2,1-4H3/t18-,21+/m0/s1. The summed E-state index contributed by atoms with van der Waals surface area (Å²) in [7, 11) is 4.92. The average molecular weight is 452 g/mol. The normalized spacial score (nSPS) is 17.6. The van der Waals surface area contributed by atoms with Crippen molar-refractivity contribution in [1.29, 1.82) is 0 Å². The summed E-state index contributed by atoms with van der Waals surface area (Å²) in [6, 6.07) is 13.2. The Morgan fingerprint density at radius 2 is 1.79 bits per heavy atom. The van der Waals surface area contributed by atoms with E-state index in [4.69, 9.17) is 18.6 Å². The minimum absolute atomic E-state index is 0.0259. The van der Waals surface area contributed by atoms with Gasteiger partial charge in [-0.1, -0.05) is 19.1 Å². The molecule has 3 aromatic rings. The molecule has 6 heteroatoms. The minimum Gasteiger partial charge on any atom is -0.497 e. The molecule has 1 aromatic heterocycles. The number of rotatable bonds is 8. The molecule has 4 rings (SSSR count). The predicted molar refractivity (Wildman–Crippen MR) is 130 cm³/mol. The molecule has 176 valence electrons. The smallest absolute Gasteiger partial charge is 0.336 e. The first-order valence-corrected chi connectivity index (χ1v) is 11.6. The SMILES string of the molecule is COc1ccc([C@@H](CCN2CCC[C@H](C)C2)c2c(OC)cc(OC)c3ccc(=O)oc23)cc1. The molecule has 0 radical (unpaired) electrons. The average Bonchev–Trinajstić information content (AvgIpc) is 2.84. The molecule has 2 aromatic carbocycles. The van der Waals surface area contributed by atoms with Crippen molar-refractivity contribution in [3.8, 4) is 17.2 Å². The van der Waals surface area contributed by atoms with Gasteiger partial charge in [0.15, 0.2) is 0 Å². The molecule has 0 aliphatic carbocycles. The molecule has 0 spiro atoms. The third-order valence-corrected chi connectivity index (χ3v) is 6.65. The van der Waals surface area contributed by atoms with E-state index in [0.29, 0.717) is 23.0 Å². The first-order chi connectivity index (χ1) is 16.0. The van der Waals surface area contributed by atoms with E-state index in [9.17, 15) is 4.79 Å². The van der Waals surface area contributed by atoms with E-state index in [2.05, 4.69) is 24.0 Å². The van der Waals surface area contributed by atoms with Crippen LogP contribution in [0.3, 0.4) is 0 Å². The van der Waals surface area contributed by atoms with Gasteiger partial charge in [-0.05, 0) is 62.0 Å². The van der Waals surface area contributed by atoms with Crippen LogP contribution in [0.4, 0.5) is 0 Å². The van der Waals surface area contributed by atoms with Crippen molar-refractivity contribution in [3.05, 3.63) is 64.0 Å². The highest BCUT2D eigenvalue weighted by molar-refractivity contribution is 5.89. The lowest BCUT2D eigenvalue weighted by Gasteiger charge is -2.32. The first kappa shape index (κ1) is 23.2. The largest absolute Gasteiger partial charge is 0.497 e. The van der Waals surface area contributed by atoms with Crippen LogP contribution < -0.4 is 19.8 Å². The summed E-state index contributed by atoms with van der Waals surface area (Å²) in [5.74, 6) is 2.77. The summed E-state index contributed by atoms with van der Waals surface area (Å²) in [4.78, 5) is 14.8. The van der Waals surface area contributed by atoms with Crippen LogP contribution in [0.15, 0.2) is 51.7 Å². The van der Waals surface area contributed by atoms with Gasteiger partial charge in [-0.15, -0.1) is 0 Å². The van der Waals surface area contributed by atoms with E-state index in [0.717, 1.165) is 48.3 Å². The number of nitrogens with zero attached hydrogens (tertiary/aromatic N) is 1. The van der Waals surface area contributed by atoms with Gasteiger partial charge in [0.05, 0.1) is 26.7 Å².